The number of hydrogen-bond donors (Lipinski definition) is 0. The van der Waals surface area contributed by atoms with Crippen LogP contribution >= 0.6 is 0 Å². The van der Waals surface area contributed by atoms with Crippen molar-refractivity contribution in [2.75, 3.05) is 0 Å². The van der Waals surface area contributed by atoms with E-state index in [0.717, 1.165) is 5.56 Å². The molecule has 2 atom stereocenters. The monoisotopic (exact) mass is 367 g/mol. The minimum atomic E-state index is -3.78. The number of amides is 1. The zero-order valence-corrected chi connectivity index (χ0v) is 14.7. The summed E-state index contributed by atoms with van der Waals surface area (Å²) in [5, 5.41) is 0. The summed E-state index contributed by atoms with van der Waals surface area (Å²) in [5.41, 5.74) is 0.905. The van der Waals surface area contributed by atoms with E-state index in [1.54, 1.807) is 18.2 Å². The second-order valence-electron chi connectivity index (χ2n) is 6.51. The van der Waals surface area contributed by atoms with Gasteiger partial charge in [-0.05, 0) is 23.8 Å². The average Bonchev–Trinajstić information content (AvgIpc) is 2.66. The predicted octanol–water partition coefficient (Wildman–Crippen LogP) is 2.34. The first-order valence-corrected chi connectivity index (χ1v) is 9.86. The Morgan fingerprint density at radius 3 is 2.19 bits per heavy atom. The molecule has 2 aromatic rings. The summed E-state index contributed by atoms with van der Waals surface area (Å²) >= 11 is 0. The van der Waals surface area contributed by atoms with Crippen LogP contribution in [0.25, 0.3) is 0 Å². The molecular weight excluding hydrogens is 350 g/mol. The van der Waals surface area contributed by atoms with Crippen molar-refractivity contribution in [1.82, 2.24) is 4.90 Å². The Morgan fingerprint density at radius 2 is 1.54 bits per heavy atom. The number of nitrogens with zero attached hydrogens (tertiary/aromatic N) is 1. The maximum absolute atomic E-state index is 12.9. The van der Waals surface area contributed by atoms with E-state index in [4.69, 9.17) is 0 Å². The van der Waals surface area contributed by atoms with E-state index in [0.29, 0.717) is 6.54 Å². The third-order valence-corrected chi connectivity index (χ3v) is 6.81. The van der Waals surface area contributed by atoms with Gasteiger partial charge in [-0.1, -0.05) is 48.5 Å². The van der Waals surface area contributed by atoms with Gasteiger partial charge in [0, 0.05) is 13.0 Å². The van der Waals surface area contributed by atoms with Gasteiger partial charge in [0.05, 0.1) is 15.7 Å². The predicted molar refractivity (Wildman–Crippen MR) is 95.6 cm³/mol. The Labute approximate surface area is 151 Å². The fourth-order valence-electron chi connectivity index (χ4n) is 3.57. The molecular formula is C20H17NO4S. The zero-order chi connectivity index (χ0) is 18.3. The highest BCUT2D eigenvalue weighted by atomic mass is 32.2. The molecule has 0 spiro atoms. The lowest BCUT2D eigenvalue weighted by Gasteiger charge is -2.42. The van der Waals surface area contributed by atoms with Crippen molar-refractivity contribution >= 4 is 21.5 Å². The number of carbonyl (C=O) groups is 2. The maximum atomic E-state index is 12.9. The standard InChI is InChI=1S/C20H17NO4S/c22-18-11-16-19(26(24,25)15-9-5-2-6-10-15)12-17(18)21(20(16)23)13-14-7-3-1-4-8-14/h1-10,12,16-17H,11,13H2/t16-,17+/m1/s1. The Bertz CT molecular complexity index is 997. The molecule has 2 bridgehead atoms. The molecule has 0 aromatic heterocycles. The molecule has 5 rings (SSSR count). The van der Waals surface area contributed by atoms with Crippen molar-refractivity contribution in [3.8, 4) is 0 Å². The van der Waals surface area contributed by atoms with Crippen LogP contribution in [0.2, 0.25) is 0 Å². The molecule has 1 saturated heterocycles. The lowest BCUT2D eigenvalue weighted by molar-refractivity contribution is -0.148. The normalized spacial score (nSPS) is 22.5. The first-order chi connectivity index (χ1) is 12.5. The summed E-state index contributed by atoms with van der Waals surface area (Å²) in [6, 6.07) is 16.6. The Balaban J connectivity index is 1.72. The highest BCUT2D eigenvalue weighted by Crippen LogP contribution is 2.39. The summed E-state index contributed by atoms with van der Waals surface area (Å²) in [6.07, 6.45) is 1.41. The fraction of sp³-hybridized carbons (Fsp3) is 0.200. The van der Waals surface area contributed by atoms with Crippen LogP contribution in [0.4, 0.5) is 0 Å². The minimum absolute atomic E-state index is 0.0489. The number of piperidine rings is 1. The molecule has 6 heteroatoms. The van der Waals surface area contributed by atoms with Crippen LogP contribution in [0, 0.1) is 5.92 Å². The molecule has 1 aliphatic carbocycles. The van der Waals surface area contributed by atoms with Gasteiger partial charge in [0.15, 0.2) is 5.78 Å². The number of benzene rings is 2. The van der Waals surface area contributed by atoms with Gasteiger partial charge in [-0.3, -0.25) is 9.59 Å². The SMILES string of the molecule is O=C1C[C@H]2C(=O)N(Cc3ccccc3)[C@H]1C=C2S(=O)(=O)c1ccccc1. The molecule has 2 heterocycles. The molecule has 0 radical (unpaired) electrons. The molecule has 0 unspecified atom stereocenters. The molecule has 5 nitrogen and oxygen atoms in total. The maximum Gasteiger partial charge on any atom is 0.232 e. The van der Waals surface area contributed by atoms with E-state index in [1.165, 1.54) is 23.1 Å². The van der Waals surface area contributed by atoms with Gasteiger partial charge < -0.3 is 4.90 Å². The van der Waals surface area contributed by atoms with Gasteiger partial charge in [0.1, 0.15) is 6.04 Å². The Hall–Kier alpha value is -2.73. The molecule has 26 heavy (non-hydrogen) atoms. The van der Waals surface area contributed by atoms with Gasteiger partial charge in [-0.25, -0.2) is 8.42 Å². The Kier molecular flexibility index (Phi) is 4.00. The van der Waals surface area contributed by atoms with E-state index in [-0.39, 0.29) is 27.9 Å². The molecule has 3 aliphatic rings. The molecule has 2 aliphatic heterocycles. The van der Waals surface area contributed by atoms with Crippen LogP contribution in [-0.4, -0.2) is 31.0 Å². The van der Waals surface area contributed by atoms with Crippen molar-refractivity contribution in [2.24, 2.45) is 5.92 Å². The first-order valence-electron chi connectivity index (χ1n) is 8.37. The number of ketones is 1. The number of carbonyl (C=O) groups excluding carboxylic acids is 2. The third kappa shape index (κ3) is 2.66. The van der Waals surface area contributed by atoms with Crippen LogP contribution in [0.3, 0.4) is 0 Å². The van der Waals surface area contributed by atoms with E-state index in [9.17, 15) is 18.0 Å². The van der Waals surface area contributed by atoms with Crippen molar-refractivity contribution < 1.29 is 18.0 Å². The van der Waals surface area contributed by atoms with Crippen LogP contribution in [0.1, 0.15) is 12.0 Å². The first kappa shape index (κ1) is 16.7. The van der Waals surface area contributed by atoms with Crippen LogP contribution in [0.15, 0.2) is 76.5 Å². The number of Topliss-reactive ketones (excluding diaryl/α,β-unsaturated/α-hetero) is 1. The van der Waals surface area contributed by atoms with Crippen LogP contribution in [0.5, 0.6) is 0 Å². The van der Waals surface area contributed by atoms with Gasteiger partial charge >= 0.3 is 0 Å². The van der Waals surface area contributed by atoms with Crippen molar-refractivity contribution in [1.29, 1.82) is 0 Å². The molecule has 2 aromatic carbocycles. The topological polar surface area (TPSA) is 71.5 Å². The number of fused-ring (bicyclic) bond motifs is 2. The number of sulfone groups is 1. The van der Waals surface area contributed by atoms with E-state index >= 15 is 0 Å². The summed E-state index contributed by atoms with van der Waals surface area (Å²) < 4.78 is 25.9. The molecule has 1 amide bonds. The van der Waals surface area contributed by atoms with E-state index in [1.807, 2.05) is 30.3 Å². The van der Waals surface area contributed by atoms with Gasteiger partial charge in [-0.2, -0.15) is 0 Å². The van der Waals surface area contributed by atoms with Crippen molar-refractivity contribution in [3.05, 3.63) is 77.2 Å². The van der Waals surface area contributed by atoms with Crippen molar-refractivity contribution in [3.63, 3.8) is 0 Å². The summed E-state index contributed by atoms with van der Waals surface area (Å²) in [5.74, 6) is -1.34. The summed E-state index contributed by atoms with van der Waals surface area (Å²) in [6.45, 7) is 0.293. The van der Waals surface area contributed by atoms with Crippen LogP contribution < -0.4 is 0 Å². The molecule has 0 saturated carbocycles. The lowest BCUT2D eigenvalue weighted by atomic mass is 9.83. The zero-order valence-electron chi connectivity index (χ0n) is 13.9. The highest BCUT2D eigenvalue weighted by Gasteiger charge is 2.49. The van der Waals surface area contributed by atoms with E-state index < -0.39 is 21.8 Å². The van der Waals surface area contributed by atoms with E-state index in [2.05, 4.69) is 0 Å². The average molecular weight is 367 g/mol. The number of rotatable bonds is 4. The van der Waals surface area contributed by atoms with Gasteiger partial charge in [0.2, 0.25) is 15.7 Å². The molecule has 1 fully saturated rings. The third-order valence-electron chi connectivity index (χ3n) is 4.88. The number of hydrogen-bond acceptors (Lipinski definition) is 4. The van der Waals surface area contributed by atoms with Crippen molar-refractivity contribution in [2.45, 2.75) is 23.9 Å². The minimum Gasteiger partial charge on any atom is -0.324 e. The second kappa shape index (κ2) is 6.21. The molecule has 132 valence electrons. The van der Waals surface area contributed by atoms with Gasteiger partial charge in [-0.15, -0.1) is 0 Å². The summed E-state index contributed by atoms with van der Waals surface area (Å²) in [7, 11) is -3.78. The van der Waals surface area contributed by atoms with Crippen LogP contribution in [-0.2, 0) is 26.0 Å². The lowest BCUT2D eigenvalue weighted by Crippen LogP contribution is -2.56. The van der Waals surface area contributed by atoms with Gasteiger partial charge in [0.25, 0.3) is 0 Å². The highest BCUT2D eigenvalue weighted by molar-refractivity contribution is 7.95. The quantitative estimate of drug-likeness (QED) is 0.832. The fourth-order valence-corrected chi connectivity index (χ4v) is 5.22. The Morgan fingerprint density at radius 1 is 0.923 bits per heavy atom. The second-order valence-corrected chi connectivity index (χ2v) is 8.45. The smallest absolute Gasteiger partial charge is 0.232 e. The summed E-state index contributed by atoms with van der Waals surface area (Å²) in [4.78, 5) is 27.0. The largest absolute Gasteiger partial charge is 0.324 e. The molecule has 0 N–H and O–H groups in total.